The largest absolute Gasteiger partial charge is 0.489 e. The molecule has 188 valence electrons. The number of esters is 1. The van der Waals surface area contributed by atoms with Crippen LogP contribution in [0.5, 0.6) is 11.5 Å². The molecule has 0 amide bonds. The van der Waals surface area contributed by atoms with E-state index >= 15 is 0 Å². The molecule has 1 aliphatic heterocycles. The number of halogens is 1. The number of nitrogens with zero attached hydrogens (tertiary/aromatic N) is 3. The van der Waals surface area contributed by atoms with Gasteiger partial charge in [0.05, 0.1) is 23.2 Å². The van der Waals surface area contributed by atoms with E-state index in [-0.39, 0.29) is 6.10 Å². The van der Waals surface area contributed by atoms with Gasteiger partial charge in [0.15, 0.2) is 4.88 Å². The smallest absolute Gasteiger partial charge is 0.351 e. The van der Waals surface area contributed by atoms with E-state index in [9.17, 15) is 4.79 Å². The van der Waals surface area contributed by atoms with Crippen molar-refractivity contribution < 1.29 is 19.0 Å². The fraction of sp³-hybridized carbons (Fsp3) is 0.333. The van der Waals surface area contributed by atoms with Crippen molar-refractivity contribution in [3.05, 3.63) is 70.3 Å². The van der Waals surface area contributed by atoms with Gasteiger partial charge >= 0.3 is 5.97 Å². The standard InChI is InChI=1S/C27H28ClN3O4S/c1-17(19-7-6-10-22(25(19)28)35-18-11-13-30(2)14-12-18)34-23-15-24(36-26(23)27(32)33-3)31-16-29-20-8-4-5-9-21(20)31/h4-10,15-18H,11-14H2,1-3H3/t17-/m1/s1. The molecule has 0 aliphatic carbocycles. The van der Waals surface area contributed by atoms with Crippen molar-refractivity contribution >= 4 is 39.9 Å². The van der Waals surface area contributed by atoms with Gasteiger partial charge in [-0.15, -0.1) is 11.3 Å². The molecule has 1 atom stereocenters. The number of fused-ring (bicyclic) bond motifs is 1. The maximum atomic E-state index is 12.6. The number of benzene rings is 2. The van der Waals surface area contributed by atoms with Crippen molar-refractivity contribution in [2.75, 3.05) is 27.2 Å². The van der Waals surface area contributed by atoms with Crippen molar-refractivity contribution in [2.24, 2.45) is 0 Å². The second kappa shape index (κ2) is 10.5. The van der Waals surface area contributed by atoms with Crippen molar-refractivity contribution in [1.82, 2.24) is 14.5 Å². The lowest BCUT2D eigenvalue weighted by atomic mass is 10.1. The summed E-state index contributed by atoms with van der Waals surface area (Å²) in [4.78, 5) is 19.7. The fourth-order valence-electron chi connectivity index (χ4n) is 4.41. The van der Waals surface area contributed by atoms with E-state index in [0.29, 0.717) is 21.4 Å². The highest BCUT2D eigenvalue weighted by Gasteiger charge is 2.25. The van der Waals surface area contributed by atoms with E-state index in [1.807, 2.05) is 60.0 Å². The van der Waals surface area contributed by atoms with Crippen LogP contribution in [0.1, 0.15) is 41.1 Å². The number of hydrogen-bond donors (Lipinski definition) is 0. The molecule has 5 rings (SSSR count). The first-order valence-electron chi connectivity index (χ1n) is 11.9. The summed E-state index contributed by atoms with van der Waals surface area (Å²) in [5.74, 6) is 0.636. The molecule has 0 unspecified atom stereocenters. The number of methoxy groups -OCH3 is 1. The lowest BCUT2D eigenvalue weighted by Gasteiger charge is -2.30. The van der Waals surface area contributed by atoms with Crippen LogP contribution in [0, 0.1) is 0 Å². The third-order valence-corrected chi connectivity index (χ3v) is 7.94. The van der Waals surface area contributed by atoms with Gasteiger partial charge in [-0.25, -0.2) is 9.78 Å². The number of ether oxygens (including phenoxy) is 3. The predicted molar refractivity (Wildman–Crippen MR) is 142 cm³/mol. The minimum atomic E-state index is -0.455. The van der Waals surface area contributed by atoms with Crippen molar-refractivity contribution in [3.8, 4) is 16.5 Å². The molecule has 9 heteroatoms. The maximum Gasteiger partial charge on any atom is 0.351 e. The molecular weight excluding hydrogens is 498 g/mol. The molecular formula is C27H28ClN3O4S. The molecule has 0 N–H and O–H groups in total. The number of para-hydroxylation sites is 2. The Hall–Kier alpha value is -3.07. The zero-order valence-corrected chi connectivity index (χ0v) is 22.0. The van der Waals surface area contributed by atoms with Gasteiger partial charge in [-0.1, -0.05) is 35.9 Å². The second-order valence-corrected chi connectivity index (χ2v) is 10.3. The number of aromatic nitrogens is 2. The topological polar surface area (TPSA) is 65.8 Å². The molecule has 1 fully saturated rings. The van der Waals surface area contributed by atoms with E-state index in [0.717, 1.165) is 47.5 Å². The fourth-order valence-corrected chi connectivity index (χ4v) is 5.72. The Morgan fingerprint density at radius 1 is 1.14 bits per heavy atom. The zero-order chi connectivity index (χ0) is 25.2. The summed E-state index contributed by atoms with van der Waals surface area (Å²) in [5.41, 5.74) is 2.60. The monoisotopic (exact) mass is 525 g/mol. The molecule has 4 aromatic rings. The average molecular weight is 526 g/mol. The highest BCUT2D eigenvalue weighted by Crippen LogP contribution is 2.39. The van der Waals surface area contributed by atoms with E-state index in [4.69, 9.17) is 25.8 Å². The van der Waals surface area contributed by atoms with E-state index in [2.05, 4.69) is 16.9 Å². The zero-order valence-electron chi connectivity index (χ0n) is 20.4. The van der Waals surface area contributed by atoms with E-state index < -0.39 is 12.1 Å². The van der Waals surface area contributed by atoms with Crippen LogP contribution in [0.25, 0.3) is 16.0 Å². The molecule has 7 nitrogen and oxygen atoms in total. The number of likely N-dealkylation sites (tertiary alicyclic amines) is 1. The average Bonchev–Trinajstić information content (AvgIpc) is 3.50. The number of hydrogen-bond acceptors (Lipinski definition) is 7. The lowest BCUT2D eigenvalue weighted by molar-refractivity contribution is 0.0600. The van der Waals surface area contributed by atoms with Crippen LogP contribution in [0.15, 0.2) is 54.9 Å². The summed E-state index contributed by atoms with van der Waals surface area (Å²) in [7, 11) is 3.48. The summed E-state index contributed by atoms with van der Waals surface area (Å²) < 4.78 is 19.5. The highest BCUT2D eigenvalue weighted by molar-refractivity contribution is 7.16. The molecule has 2 aromatic carbocycles. The minimum Gasteiger partial charge on any atom is -0.489 e. The van der Waals surface area contributed by atoms with Gasteiger partial charge < -0.3 is 19.1 Å². The van der Waals surface area contributed by atoms with Crippen LogP contribution in [-0.2, 0) is 4.74 Å². The molecule has 1 saturated heterocycles. The lowest BCUT2D eigenvalue weighted by Crippen LogP contribution is -2.35. The van der Waals surface area contributed by atoms with E-state index in [1.54, 1.807) is 6.33 Å². The van der Waals surface area contributed by atoms with E-state index in [1.165, 1.54) is 18.4 Å². The Morgan fingerprint density at radius 2 is 1.92 bits per heavy atom. The first-order valence-corrected chi connectivity index (χ1v) is 13.1. The molecule has 3 heterocycles. The number of piperidine rings is 1. The number of imidazole rings is 1. The number of thiophene rings is 1. The van der Waals surface area contributed by atoms with Gasteiger partial charge in [0, 0.05) is 24.7 Å². The third kappa shape index (κ3) is 4.93. The summed E-state index contributed by atoms with van der Waals surface area (Å²) in [5, 5.41) is 1.33. The van der Waals surface area contributed by atoms with Gasteiger partial charge in [-0.05, 0) is 45.0 Å². The first-order chi connectivity index (χ1) is 17.4. The SMILES string of the molecule is COC(=O)c1sc(-n2cnc3ccccc32)cc1O[C@H](C)c1cccc(OC2CCN(C)CC2)c1Cl. The first kappa shape index (κ1) is 24.6. The Morgan fingerprint density at radius 3 is 2.69 bits per heavy atom. The van der Waals surface area contributed by atoms with Crippen molar-refractivity contribution in [1.29, 1.82) is 0 Å². The number of rotatable bonds is 7. The number of carbonyl (C=O) groups is 1. The molecule has 36 heavy (non-hydrogen) atoms. The second-order valence-electron chi connectivity index (χ2n) is 8.91. The third-order valence-electron chi connectivity index (χ3n) is 6.44. The normalized spacial score (nSPS) is 15.7. The van der Waals surface area contributed by atoms with Gasteiger partial charge in [0.25, 0.3) is 0 Å². The minimum absolute atomic E-state index is 0.139. The molecule has 1 aliphatic rings. The van der Waals surface area contributed by atoms with Crippen LogP contribution in [0.2, 0.25) is 5.02 Å². The van der Waals surface area contributed by atoms with Gasteiger partial charge in [0.2, 0.25) is 0 Å². The summed E-state index contributed by atoms with van der Waals surface area (Å²) in [6.45, 7) is 3.92. The van der Waals surface area contributed by atoms with Crippen LogP contribution >= 0.6 is 22.9 Å². The maximum absolute atomic E-state index is 12.6. The summed E-state index contributed by atoms with van der Waals surface area (Å²) >= 11 is 8.08. The van der Waals surface area contributed by atoms with Gasteiger partial charge in [-0.3, -0.25) is 4.57 Å². The Labute approximate surface area is 219 Å². The summed E-state index contributed by atoms with van der Waals surface area (Å²) in [6.07, 6.45) is 3.38. The highest BCUT2D eigenvalue weighted by atomic mass is 35.5. The quantitative estimate of drug-likeness (QED) is 0.270. The number of carbonyl (C=O) groups excluding carboxylic acids is 1. The Bertz CT molecular complexity index is 1380. The van der Waals surface area contributed by atoms with Gasteiger partial charge in [-0.2, -0.15) is 0 Å². The van der Waals surface area contributed by atoms with Crippen LogP contribution in [0.3, 0.4) is 0 Å². The molecule has 0 radical (unpaired) electrons. The molecule has 0 spiro atoms. The van der Waals surface area contributed by atoms with Crippen LogP contribution in [-0.4, -0.2) is 53.8 Å². The van der Waals surface area contributed by atoms with Crippen molar-refractivity contribution in [2.45, 2.75) is 32.0 Å². The van der Waals surface area contributed by atoms with Gasteiger partial charge in [0.1, 0.15) is 35.0 Å². The molecule has 0 saturated carbocycles. The molecule has 0 bridgehead atoms. The summed E-state index contributed by atoms with van der Waals surface area (Å²) in [6, 6.07) is 15.4. The van der Waals surface area contributed by atoms with Crippen LogP contribution < -0.4 is 9.47 Å². The van der Waals surface area contributed by atoms with Crippen LogP contribution in [0.4, 0.5) is 0 Å². The molecule has 2 aromatic heterocycles. The Kier molecular flexibility index (Phi) is 7.18. The van der Waals surface area contributed by atoms with Crippen molar-refractivity contribution in [3.63, 3.8) is 0 Å². The predicted octanol–water partition coefficient (Wildman–Crippen LogP) is 6.14. The Balaban J connectivity index is 1.41.